The van der Waals surface area contributed by atoms with Crippen molar-refractivity contribution < 1.29 is 9.53 Å². The monoisotopic (exact) mass is 423 g/mol. The first kappa shape index (κ1) is 19.2. The Balaban J connectivity index is 1.20. The van der Waals surface area contributed by atoms with Crippen molar-refractivity contribution in [3.63, 3.8) is 0 Å². The van der Waals surface area contributed by atoms with Gasteiger partial charge in [-0.05, 0) is 37.8 Å². The van der Waals surface area contributed by atoms with Gasteiger partial charge in [0.15, 0.2) is 0 Å². The fourth-order valence-corrected chi connectivity index (χ4v) is 5.12. The van der Waals surface area contributed by atoms with E-state index in [2.05, 4.69) is 31.6 Å². The smallest absolute Gasteiger partial charge is 0.260 e. The molecule has 2 N–H and O–H groups in total. The number of aliphatic imine (C=N–C) groups is 2. The van der Waals surface area contributed by atoms with Crippen LogP contribution in [-0.4, -0.2) is 78.1 Å². The lowest BCUT2D eigenvalue weighted by atomic mass is 10.1. The first-order valence-electron chi connectivity index (χ1n) is 11.6. The van der Waals surface area contributed by atoms with Crippen LogP contribution in [0, 0.1) is 0 Å². The van der Waals surface area contributed by atoms with Gasteiger partial charge in [-0.15, -0.1) is 0 Å². The number of amides is 1. The number of hydrogen-bond donors (Lipinski definition) is 2. The number of nitrogens with zero attached hydrogens (tertiary/aromatic N) is 5. The molecule has 4 fully saturated rings. The molecule has 1 amide bonds. The predicted octanol–water partition coefficient (Wildman–Crippen LogP) is 1.37. The number of rotatable bonds is 3. The molecule has 6 rings (SSSR count). The molecule has 0 bridgehead atoms. The molecule has 9 nitrogen and oxygen atoms in total. The number of guanidine groups is 1. The minimum atomic E-state index is -0.603. The molecule has 0 aromatic carbocycles. The van der Waals surface area contributed by atoms with Crippen molar-refractivity contribution in [2.75, 3.05) is 42.9 Å². The number of morpholine rings is 1. The largest absolute Gasteiger partial charge is 0.368 e. The van der Waals surface area contributed by atoms with Crippen LogP contribution in [0.4, 0.5) is 11.5 Å². The molecule has 164 valence electrons. The lowest BCUT2D eigenvalue weighted by molar-refractivity contribution is -0.152. The molecule has 2 saturated carbocycles. The van der Waals surface area contributed by atoms with Crippen LogP contribution in [0.15, 0.2) is 28.3 Å². The number of aromatic nitrogens is 1. The average Bonchev–Trinajstić information content (AvgIpc) is 3.37. The van der Waals surface area contributed by atoms with Crippen LogP contribution in [0.1, 0.15) is 38.5 Å². The maximum atomic E-state index is 13.2. The highest BCUT2D eigenvalue weighted by Gasteiger charge is 2.61. The maximum absolute atomic E-state index is 13.2. The Hall–Kier alpha value is -2.52. The summed E-state index contributed by atoms with van der Waals surface area (Å²) in [5, 5.41) is 6.60. The van der Waals surface area contributed by atoms with Crippen molar-refractivity contribution in [3.8, 4) is 0 Å². The molecule has 4 heterocycles. The third kappa shape index (κ3) is 3.49. The molecule has 31 heavy (non-hydrogen) atoms. The Morgan fingerprint density at radius 1 is 1.16 bits per heavy atom. The van der Waals surface area contributed by atoms with E-state index in [1.807, 2.05) is 17.2 Å². The molecular weight excluding hydrogens is 394 g/mol. The summed E-state index contributed by atoms with van der Waals surface area (Å²) in [7, 11) is 0. The number of carbonyl (C=O) groups is 1. The van der Waals surface area contributed by atoms with Gasteiger partial charge < -0.3 is 20.3 Å². The van der Waals surface area contributed by atoms with E-state index in [9.17, 15) is 4.79 Å². The predicted molar refractivity (Wildman–Crippen MR) is 119 cm³/mol. The third-order valence-corrected chi connectivity index (χ3v) is 7.00. The van der Waals surface area contributed by atoms with Crippen LogP contribution in [0.2, 0.25) is 0 Å². The summed E-state index contributed by atoms with van der Waals surface area (Å²) in [6, 6.07) is 4.28. The summed E-state index contributed by atoms with van der Waals surface area (Å²) in [6.45, 7) is 4.45. The zero-order valence-electron chi connectivity index (χ0n) is 17.7. The SMILES string of the molecule is O=C1N(C2CCCC2)C2=NC(Nc3ccc(N4CCNCC4)cn3)=NCC2OC12CC2. The molecule has 1 spiro atoms. The zero-order chi connectivity index (χ0) is 20.8. The second kappa shape index (κ2) is 7.56. The summed E-state index contributed by atoms with van der Waals surface area (Å²) >= 11 is 0. The first-order valence-corrected chi connectivity index (χ1v) is 11.6. The number of nitrogens with one attached hydrogen (secondary N) is 2. The van der Waals surface area contributed by atoms with Crippen molar-refractivity contribution in [3.05, 3.63) is 18.3 Å². The van der Waals surface area contributed by atoms with Gasteiger partial charge in [-0.25, -0.2) is 9.98 Å². The number of hydrogen-bond acceptors (Lipinski definition) is 8. The highest BCUT2D eigenvalue weighted by atomic mass is 16.5. The molecule has 1 unspecified atom stereocenters. The standard InChI is InChI=1S/C22H29N7O2/c30-20-22(7-8-22)31-17-14-25-21(27-19(17)29(20)15-3-1-2-4-15)26-18-6-5-16(13-24-18)28-11-9-23-10-12-28/h5-6,13,15,17,23H,1-4,7-12,14H2,(H,24,25,26). The van der Waals surface area contributed by atoms with Crippen molar-refractivity contribution in [2.45, 2.75) is 56.3 Å². The van der Waals surface area contributed by atoms with Gasteiger partial charge in [-0.1, -0.05) is 12.8 Å². The van der Waals surface area contributed by atoms with Crippen LogP contribution in [0.3, 0.4) is 0 Å². The summed E-state index contributed by atoms with van der Waals surface area (Å²) in [6.07, 6.45) is 7.72. The van der Waals surface area contributed by atoms with Crippen LogP contribution >= 0.6 is 0 Å². The minimum absolute atomic E-state index is 0.106. The number of carbonyl (C=O) groups excluding carboxylic acids is 1. The van der Waals surface area contributed by atoms with E-state index < -0.39 is 5.60 Å². The molecule has 2 saturated heterocycles. The highest BCUT2D eigenvalue weighted by Crippen LogP contribution is 2.47. The maximum Gasteiger partial charge on any atom is 0.260 e. The van der Waals surface area contributed by atoms with Crippen LogP contribution in [0.25, 0.3) is 0 Å². The lowest BCUT2D eigenvalue weighted by Crippen LogP contribution is -2.61. The van der Waals surface area contributed by atoms with E-state index in [1.165, 1.54) is 12.8 Å². The number of piperazine rings is 1. The number of anilines is 2. The lowest BCUT2D eigenvalue weighted by Gasteiger charge is -2.42. The third-order valence-electron chi connectivity index (χ3n) is 7.00. The van der Waals surface area contributed by atoms with Crippen molar-refractivity contribution >= 4 is 29.2 Å². The summed E-state index contributed by atoms with van der Waals surface area (Å²) < 4.78 is 6.19. The van der Waals surface area contributed by atoms with Gasteiger partial charge in [0.1, 0.15) is 23.4 Å². The van der Waals surface area contributed by atoms with Gasteiger partial charge in [-0.3, -0.25) is 9.69 Å². The molecule has 9 heteroatoms. The van der Waals surface area contributed by atoms with Crippen LogP contribution in [-0.2, 0) is 9.53 Å². The molecule has 2 aliphatic carbocycles. The van der Waals surface area contributed by atoms with E-state index in [4.69, 9.17) is 9.73 Å². The zero-order valence-corrected chi connectivity index (χ0v) is 17.7. The van der Waals surface area contributed by atoms with Crippen molar-refractivity contribution in [2.24, 2.45) is 9.98 Å². The van der Waals surface area contributed by atoms with Gasteiger partial charge in [0.2, 0.25) is 5.96 Å². The van der Waals surface area contributed by atoms with Crippen LogP contribution < -0.4 is 15.5 Å². The van der Waals surface area contributed by atoms with Gasteiger partial charge in [-0.2, -0.15) is 4.99 Å². The Bertz CT molecular complexity index is 912. The molecule has 3 aliphatic heterocycles. The Labute approximate surface area is 182 Å². The van der Waals surface area contributed by atoms with Crippen molar-refractivity contribution in [1.29, 1.82) is 0 Å². The fourth-order valence-electron chi connectivity index (χ4n) is 5.12. The minimum Gasteiger partial charge on any atom is -0.368 e. The van der Waals surface area contributed by atoms with E-state index in [1.54, 1.807) is 0 Å². The topological polar surface area (TPSA) is 94.5 Å². The number of pyridine rings is 1. The number of fused-ring (bicyclic) bond motifs is 1. The Kier molecular flexibility index (Phi) is 4.68. The first-order chi connectivity index (χ1) is 15.2. The highest BCUT2D eigenvalue weighted by molar-refractivity contribution is 6.13. The molecule has 1 aromatic heterocycles. The fraction of sp³-hybridized carbons (Fsp3) is 0.636. The Morgan fingerprint density at radius 3 is 2.68 bits per heavy atom. The molecule has 0 radical (unpaired) electrons. The van der Waals surface area contributed by atoms with Crippen molar-refractivity contribution in [1.82, 2.24) is 15.2 Å². The van der Waals surface area contributed by atoms with E-state index in [-0.39, 0.29) is 18.1 Å². The quantitative estimate of drug-likeness (QED) is 0.763. The van der Waals surface area contributed by atoms with Gasteiger partial charge in [0.25, 0.3) is 5.91 Å². The van der Waals surface area contributed by atoms with E-state index >= 15 is 0 Å². The molecule has 1 aromatic rings. The summed E-state index contributed by atoms with van der Waals surface area (Å²) in [4.78, 5) is 31.5. The van der Waals surface area contributed by atoms with E-state index in [0.717, 1.165) is 63.4 Å². The van der Waals surface area contributed by atoms with Gasteiger partial charge in [0, 0.05) is 32.2 Å². The molecular formula is C22H29N7O2. The van der Waals surface area contributed by atoms with E-state index in [0.29, 0.717) is 18.3 Å². The molecule has 5 aliphatic rings. The van der Waals surface area contributed by atoms with Gasteiger partial charge >= 0.3 is 0 Å². The average molecular weight is 424 g/mol. The summed E-state index contributed by atoms with van der Waals surface area (Å²) in [5.74, 6) is 2.04. The van der Waals surface area contributed by atoms with Crippen LogP contribution in [0.5, 0.6) is 0 Å². The number of ether oxygens (including phenoxy) is 1. The molecule has 1 atom stereocenters. The normalized spacial score (nSPS) is 27.7. The summed E-state index contributed by atoms with van der Waals surface area (Å²) in [5.41, 5.74) is 0.520. The second-order valence-corrected chi connectivity index (χ2v) is 9.11. The van der Waals surface area contributed by atoms with Gasteiger partial charge in [0.05, 0.1) is 18.4 Å². The second-order valence-electron chi connectivity index (χ2n) is 9.11. The Morgan fingerprint density at radius 2 is 1.97 bits per heavy atom. The number of amidine groups is 1.